The van der Waals surface area contributed by atoms with Crippen LogP contribution in [0.1, 0.15) is 23.2 Å². The average molecular weight is 363 g/mol. The van der Waals surface area contributed by atoms with Crippen molar-refractivity contribution in [1.29, 1.82) is 0 Å². The highest BCUT2D eigenvalue weighted by atomic mass is 35.5. The molecule has 0 aliphatic carbocycles. The minimum atomic E-state index is -0.551. The zero-order chi connectivity index (χ0) is 18.4. The fraction of sp³-hybridized carbons (Fsp3) is 0.176. The highest BCUT2D eigenvalue weighted by Crippen LogP contribution is 2.24. The van der Waals surface area contributed by atoms with Crippen LogP contribution in [0, 0.1) is 10.1 Å². The van der Waals surface area contributed by atoms with E-state index in [1.807, 2.05) is 0 Å². The van der Waals surface area contributed by atoms with Gasteiger partial charge >= 0.3 is 0 Å². The first-order valence-electron chi connectivity index (χ1n) is 7.31. The molecule has 2 aromatic rings. The molecule has 0 saturated carbocycles. The van der Waals surface area contributed by atoms with E-state index in [4.69, 9.17) is 16.3 Å². The predicted octanol–water partition coefficient (Wildman–Crippen LogP) is 3.86. The Balaban J connectivity index is 1.98. The van der Waals surface area contributed by atoms with E-state index in [2.05, 4.69) is 5.32 Å². The number of methoxy groups -OCH3 is 1. The van der Waals surface area contributed by atoms with E-state index in [0.29, 0.717) is 22.0 Å². The van der Waals surface area contributed by atoms with E-state index in [1.165, 1.54) is 37.4 Å². The van der Waals surface area contributed by atoms with Crippen molar-refractivity contribution >= 4 is 34.7 Å². The number of carbonyl (C=O) groups is 2. The number of anilines is 1. The van der Waals surface area contributed by atoms with E-state index in [1.54, 1.807) is 12.1 Å². The molecule has 0 unspecified atom stereocenters. The molecule has 7 nitrogen and oxygen atoms in total. The van der Waals surface area contributed by atoms with Crippen molar-refractivity contribution in [3.05, 3.63) is 63.2 Å². The Labute approximate surface area is 148 Å². The second-order valence-electron chi connectivity index (χ2n) is 5.12. The molecule has 8 heteroatoms. The van der Waals surface area contributed by atoms with Crippen LogP contribution < -0.4 is 10.1 Å². The Morgan fingerprint density at radius 3 is 2.64 bits per heavy atom. The fourth-order valence-corrected chi connectivity index (χ4v) is 2.35. The summed E-state index contributed by atoms with van der Waals surface area (Å²) in [5.74, 6) is -0.322. The van der Waals surface area contributed by atoms with Crippen LogP contribution >= 0.6 is 11.6 Å². The number of ketones is 1. The largest absolute Gasteiger partial charge is 0.496 e. The summed E-state index contributed by atoms with van der Waals surface area (Å²) in [5.41, 5.74) is 0.475. The summed E-state index contributed by atoms with van der Waals surface area (Å²) in [7, 11) is 1.44. The Kier molecular flexibility index (Phi) is 6.08. The number of hydrogen-bond acceptors (Lipinski definition) is 5. The van der Waals surface area contributed by atoms with Crippen LogP contribution in [0.15, 0.2) is 42.5 Å². The van der Waals surface area contributed by atoms with Crippen molar-refractivity contribution in [2.45, 2.75) is 12.8 Å². The molecule has 0 heterocycles. The molecule has 0 aliphatic heterocycles. The Hall–Kier alpha value is -2.93. The standard InChI is InChI=1S/C17H15ClN2O5/c1-25-16-7-5-11(18)9-14(16)15(21)6-8-17(22)19-12-3-2-4-13(10-12)20(23)24/h2-5,7,9-10H,6,8H2,1H3,(H,19,22). The molecule has 0 saturated heterocycles. The maximum Gasteiger partial charge on any atom is 0.271 e. The van der Waals surface area contributed by atoms with Crippen molar-refractivity contribution in [3.8, 4) is 5.75 Å². The number of amides is 1. The van der Waals surface area contributed by atoms with Gasteiger partial charge in [-0.1, -0.05) is 17.7 Å². The quantitative estimate of drug-likeness (QED) is 0.458. The minimum Gasteiger partial charge on any atom is -0.496 e. The number of nitro groups is 1. The molecule has 0 aromatic heterocycles. The monoisotopic (exact) mass is 362 g/mol. The number of Topliss-reactive ketones (excluding diaryl/α,β-unsaturated/α-hetero) is 1. The summed E-state index contributed by atoms with van der Waals surface area (Å²) in [4.78, 5) is 34.4. The zero-order valence-electron chi connectivity index (χ0n) is 13.3. The van der Waals surface area contributed by atoms with Gasteiger partial charge in [-0.3, -0.25) is 19.7 Å². The molecule has 25 heavy (non-hydrogen) atoms. The highest BCUT2D eigenvalue weighted by molar-refractivity contribution is 6.31. The minimum absolute atomic E-state index is 0.0442. The molecule has 130 valence electrons. The van der Waals surface area contributed by atoms with Gasteiger partial charge in [-0.15, -0.1) is 0 Å². The number of carbonyl (C=O) groups excluding carboxylic acids is 2. The van der Waals surface area contributed by atoms with Crippen molar-refractivity contribution in [2.75, 3.05) is 12.4 Å². The average Bonchev–Trinajstić information content (AvgIpc) is 2.59. The summed E-state index contributed by atoms with van der Waals surface area (Å²) in [6.07, 6.45) is -0.116. The number of benzene rings is 2. The van der Waals surface area contributed by atoms with Gasteiger partial charge in [0.2, 0.25) is 5.91 Å². The van der Waals surface area contributed by atoms with Gasteiger partial charge in [0.1, 0.15) is 5.75 Å². The van der Waals surface area contributed by atoms with Crippen LogP contribution in [0.25, 0.3) is 0 Å². The third-order valence-corrected chi connectivity index (χ3v) is 3.62. The Morgan fingerprint density at radius 1 is 1.20 bits per heavy atom. The van der Waals surface area contributed by atoms with E-state index >= 15 is 0 Å². The first kappa shape index (κ1) is 18.4. The summed E-state index contributed by atoms with van der Waals surface area (Å²) in [5, 5.41) is 13.6. The first-order valence-corrected chi connectivity index (χ1v) is 7.69. The molecule has 0 spiro atoms. The van der Waals surface area contributed by atoms with Gasteiger partial charge in [-0.05, 0) is 24.3 Å². The SMILES string of the molecule is COc1ccc(Cl)cc1C(=O)CCC(=O)Nc1cccc([N+](=O)[O-])c1. The molecule has 1 amide bonds. The molecular weight excluding hydrogens is 348 g/mol. The van der Waals surface area contributed by atoms with Gasteiger partial charge in [0.25, 0.3) is 5.69 Å². The molecule has 2 aromatic carbocycles. The number of rotatable bonds is 7. The van der Waals surface area contributed by atoms with Crippen LogP contribution in [0.3, 0.4) is 0 Å². The number of nitrogens with one attached hydrogen (secondary N) is 1. The fourth-order valence-electron chi connectivity index (χ4n) is 2.18. The second-order valence-corrected chi connectivity index (χ2v) is 5.56. The van der Waals surface area contributed by atoms with Crippen molar-refractivity contribution < 1.29 is 19.2 Å². The molecule has 1 N–H and O–H groups in total. The van der Waals surface area contributed by atoms with E-state index in [0.717, 1.165) is 0 Å². The topological polar surface area (TPSA) is 98.5 Å². The lowest BCUT2D eigenvalue weighted by molar-refractivity contribution is -0.384. The smallest absolute Gasteiger partial charge is 0.271 e. The summed E-state index contributed by atoms with van der Waals surface area (Å²) in [6, 6.07) is 10.2. The Bertz CT molecular complexity index is 822. The van der Waals surface area contributed by atoms with Gasteiger partial charge in [0, 0.05) is 35.7 Å². The van der Waals surface area contributed by atoms with E-state index < -0.39 is 10.8 Å². The lowest BCUT2D eigenvalue weighted by atomic mass is 10.1. The van der Waals surface area contributed by atoms with Gasteiger partial charge < -0.3 is 10.1 Å². The molecule has 0 atom stereocenters. The van der Waals surface area contributed by atoms with Crippen LogP contribution in [0.2, 0.25) is 5.02 Å². The third kappa shape index (κ3) is 5.02. The molecule has 0 radical (unpaired) electrons. The lowest BCUT2D eigenvalue weighted by Crippen LogP contribution is -2.14. The number of halogens is 1. The first-order chi connectivity index (χ1) is 11.9. The maximum absolute atomic E-state index is 12.3. The van der Waals surface area contributed by atoms with Crippen molar-refractivity contribution in [3.63, 3.8) is 0 Å². The van der Waals surface area contributed by atoms with E-state index in [-0.39, 0.29) is 24.3 Å². The van der Waals surface area contributed by atoms with Crippen LogP contribution in [-0.2, 0) is 4.79 Å². The molecule has 0 fully saturated rings. The number of non-ortho nitro benzene ring substituents is 1. The summed E-state index contributed by atoms with van der Waals surface area (Å²) < 4.78 is 5.12. The predicted molar refractivity (Wildman–Crippen MR) is 93.3 cm³/mol. The molecule has 2 rings (SSSR count). The normalized spacial score (nSPS) is 10.2. The summed E-state index contributed by atoms with van der Waals surface area (Å²) in [6.45, 7) is 0. The van der Waals surface area contributed by atoms with Crippen molar-refractivity contribution in [2.24, 2.45) is 0 Å². The zero-order valence-corrected chi connectivity index (χ0v) is 14.1. The highest BCUT2D eigenvalue weighted by Gasteiger charge is 2.15. The third-order valence-electron chi connectivity index (χ3n) is 3.38. The van der Waals surface area contributed by atoms with Gasteiger partial charge in [-0.2, -0.15) is 0 Å². The lowest BCUT2D eigenvalue weighted by Gasteiger charge is -2.08. The van der Waals surface area contributed by atoms with Gasteiger partial charge in [0.15, 0.2) is 5.78 Å². The van der Waals surface area contributed by atoms with Crippen LogP contribution in [-0.4, -0.2) is 23.7 Å². The molecular formula is C17H15ClN2O5. The van der Waals surface area contributed by atoms with E-state index in [9.17, 15) is 19.7 Å². The van der Waals surface area contributed by atoms with Gasteiger partial charge in [-0.25, -0.2) is 0 Å². The van der Waals surface area contributed by atoms with Crippen LogP contribution in [0.5, 0.6) is 5.75 Å². The second kappa shape index (κ2) is 8.25. The van der Waals surface area contributed by atoms with Crippen molar-refractivity contribution in [1.82, 2.24) is 0 Å². The van der Waals surface area contributed by atoms with Crippen LogP contribution in [0.4, 0.5) is 11.4 Å². The summed E-state index contributed by atoms with van der Waals surface area (Å²) >= 11 is 5.89. The maximum atomic E-state index is 12.3. The number of hydrogen-bond donors (Lipinski definition) is 1. The molecule has 0 aliphatic rings. The number of ether oxygens (including phenoxy) is 1. The Morgan fingerprint density at radius 2 is 1.96 bits per heavy atom. The van der Waals surface area contributed by atoms with Gasteiger partial charge in [0.05, 0.1) is 17.6 Å². The number of nitro benzene ring substituents is 1. The number of nitrogens with zero attached hydrogens (tertiary/aromatic N) is 1. The molecule has 0 bridgehead atoms.